The average Bonchev–Trinajstić information content (AvgIpc) is 2.53. The van der Waals surface area contributed by atoms with Crippen LogP contribution in [0, 0.1) is 0 Å². The second-order valence-electron chi connectivity index (χ2n) is 6.69. The Hall–Kier alpha value is -1.92. The summed E-state index contributed by atoms with van der Waals surface area (Å²) in [4.78, 5) is 26.0. The number of carbonyl (C=O) groups excluding carboxylic acids is 2. The Morgan fingerprint density at radius 3 is 2.79 bits per heavy atom. The summed E-state index contributed by atoms with van der Waals surface area (Å²) in [6.07, 6.45) is 1.64. The van der Waals surface area contributed by atoms with Crippen molar-refractivity contribution in [1.29, 1.82) is 0 Å². The monoisotopic (exact) mass is 331 g/mol. The van der Waals surface area contributed by atoms with E-state index in [-0.39, 0.29) is 24.0 Å². The lowest BCUT2D eigenvalue weighted by molar-refractivity contribution is -0.116. The molecule has 0 aliphatic carbocycles. The predicted octanol–water partition coefficient (Wildman–Crippen LogP) is 1.41. The van der Waals surface area contributed by atoms with Crippen molar-refractivity contribution in [3.8, 4) is 0 Å². The molecule has 1 saturated heterocycles. The highest BCUT2D eigenvalue weighted by Gasteiger charge is 2.22. The first-order chi connectivity index (χ1) is 11.5. The highest BCUT2D eigenvalue weighted by Crippen LogP contribution is 2.23. The summed E-state index contributed by atoms with van der Waals surface area (Å²) in [7, 11) is 0. The molecule has 0 spiro atoms. The molecule has 2 amide bonds. The first-order valence-corrected chi connectivity index (χ1v) is 8.60. The van der Waals surface area contributed by atoms with Gasteiger partial charge in [0.15, 0.2) is 0 Å². The lowest BCUT2D eigenvalue weighted by Gasteiger charge is -2.35. The fourth-order valence-corrected chi connectivity index (χ4v) is 3.42. The normalized spacial score (nSPS) is 24.2. The third kappa shape index (κ3) is 4.13. The van der Waals surface area contributed by atoms with Gasteiger partial charge >= 0.3 is 0 Å². The molecular formula is C18H25N3O3. The van der Waals surface area contributed by atoms with Gasteiger partial charge in [-0.25, -0.2) is 0 Å². The molecule has 1 aromatic rings. The summed E-state index contributed by atoms with van der Waals surface area (Å²) in [6, 6.07) is 5.45. The van der Waals surface area contributed by atoms with Gasteiger partial charge in [0, 0.05) is 43.9 Å². The number of fused-ring (bicyclic) bond motifs is 1. The summed E-state index contributed by atoms with van der Waals surface area (Å²) in [6.45, 7) is 7.40. The highest BCUT2D eigenvalue weighted by atomic mass is 16.5. The molecule has 0 aromatic heterocycles. The number of aryl methyl sites for hydroxylation is 1. The fourth-order valence-electron chi connectivity index (χ4n) is 3.42. The van der Waals surface area contributed by atoms with Crippen LogP contribution < -0.4 is 10.6 Å². The number of carbonyl (C=O) groups is 2. The Kier molecular flexibility index (Phi) is 5.16. The van der Waals surface area contributed by atoms with Crippen molar-refractivity contribution in [3.63, 3.8) is 0 Å². The van der Waals surface area contributed by atoms with Crippen LogP contribution in [0.3, 0.4) is 0 Å². The fraction of sp³-hybridized carbons (Fsp3) is 0.556. The summed E-state index contributed by atoms with van der Waals surface area (Å²) in [5, 5.41) is 5.81. The maximum absolute atomic E-state index is 12.3. The maximum Gasteiger partial charge on any atom is 0.251 e. The lowest BCUT2D eigenvalue weighted by atomic mass is 10.00. The number of ether oxygens (including phenoxy) is 1. The third-order valence-corrected chi connectivity index (χ3v) is 4.47. The zero-order chi connectivity index (χ0) is 17.1. The van der Waals surface area contributed by atoms with Crippen LogP contribution in [0.5, 0.6) is 0 Å². The number of amides is 2. The molecular weight excluding hydrogens is 306 g/mol. The van der Waals surface area contributed by atoms with Crippen molar-refractivity contribution in [1.82, 2.24) is 10.2 Å². The van der Waals surface area contributed by atoms with Crippen LogP contribution in [0.1, 0.15) is 36.2 Å². The van der Waals surface area contributed by atoms with Crippen molar-refractivity contribution in [2.45, 2.75) is 38.9 Å². The molecule has 0 unspecified atom stereocenters. The molecule has 1 fully saturated rings. The van der Waals surface area contributed by atoms with Gasteiger partial charge in [-0.2, -0.15) is 0 Å². The number of nitrogens with zero attached hydrogens (tertiary/aromatic N) is 1. The van der Waals surface area contributed by atoms with Crippen LogP contribution in [0.15, 0.2) is 18.2 Å². The van der Waals surface area contributed by atoms with Gasteiger partial charge in [-0.3, -0.25) is 14.5 Å². The zero-order valence-corrected chi connectivity index (χ0v) is 14.3. The molecule has 2 atom stereocenters. The molecule has 24 heavy (non-hydrogen) atoms. The van der Waals surface area contributed by atoms with Gasteiger partial charge in [0.05, 0.1) is 12.2 Å². The molecule has 2 aliphatic rings. The largest absolute Gasteiger partial charge is 0.373 e. The Balaban J connectivity index is 1.51. The zero-order valence-electron chi connectivity index (χ0n) is 14.3. The van der Waals surface area contributed by atoms with E-state index in [1.807, 2.05) is 12.1 Å². The highest BCUT2D eigenvalue weighted by molar-refractivity contribution is 5.97. The van der Waals surface area contributed by atoms with E-state index in [0.29, 0.717) is 24.9 Å². The van der Waals surface area contributed by atoms with E-state index >= 15 is 0 Å². The Morgan fingerprint density at radius 2 is 2.04 bits per heavy atom. The lowest BCUT2D eigenvalue weighted by Crippen LogP contribution is -2.47. The number of nitrogens with one attached hydrogen (secondary N) is 2. The second-order valence-corrected chi connectivity index (χ2v) is 6.69. The summed E-state index contributed by atoms with van der Waals surface area (Å²) < 4.78 is 5.71. The third-order valence-electron chi connectivity index (χ3n) is 4.47. The molecule has 6 nitrogen and oxygen atoms in total. The van der Waals surface area contributed by atoms with Gasteiger partial charge in [-0.15, -0.1) is 0 Å². The smallest absolute Gasteiger partial charge is 0.251 e. The van der Waals surface area contributed by atoms with E-state index in [2.05, 4.69) is 29.4 Å². The second kappa shape index (κ2) is 7.32. The van der Waals surface area contributed by atoms with Crippen LogP contribution in [0.4, 0.5) is 5.69 Å². The Morgan fingerprint density at radius 1 is 1.29 bits per heavy atom. The van der Waals surface area contributed by atoms with E-state index in [4.69, 9.17) is 4.74 Å². The molecule has 2 N–H and O–H groups in total. The number of morpholine rings is 1. The first kappa shape index (κ1) is 16.9. The molecule has 0 radical (unpaired) electrons. The van der Waals surface area contributed by atoms with Gasteiger partial charge in [0.1, 0.15) is 0 Å². The van der Waals surface area contributed by atoms with Crippen LogP contribution >= 0.6 is 0 Å². The summed E-state index contributed by atoms with van der Waals surface area (Å²) in [5.41, 5.74) is 2.49. The number of hydrogen-bond donors (Lipinski definition) is 2. The van der Waals surface area contributed by atoms with E-state index in [1.54, 1.807) is 6.07 Å². The van der Waals surface area contributed by atoms with Gasteiger partial charge in [-0.1, -0.05) is 0 Å². The summed E-state index contributed by atoms with van der Waals surface area (Å²) >= 11 is 0. The number of hydrogen-bond acceptors (Lipinski definition) is 4. The topological polar surface area (TPSA) is 70.7 Å². The van der Waals surface area contributed by atoms with Crippen molar-refractivity contribution < 1.29 is 14.3 Å². The Labute approximate surface area is 142 Å². The summed E-state index contributed by atoms with van der Waals surface area (Å²) in [5.74, 6) is -0.0299. The van der Waals surface area contributed by atoms with E-state index in [9.17, 15) is 9.59 Å². The van der Waals surface area contributed by atoms with Crippen LogP contribution in [0.2, 0.25) is 0 Å². The van der Waals surface area contributed by atoms with Gasteiger partial charge in [-0.05, 0) is 44.0 Å². The molecule has 3 rings (SSSR count). The van der Waals surface area contributed by atoms with Crippen molar-refractivity contribution in [2.75, 3.05) is 31.5 Å². The minimum Gasteiger partial charge on any atom is -0.373 e. The molecule has 130 valence electrons. The van der Waals surface area contributed by atoms with Gasteiger partial charge < -0.3 is 15.4 Å². The van der Waals surface area contributed by atoms with Crippen molar-refractivity contribution in [3.05, 3.63) is 29.3 Å². The van der Waals surface area contributed by atoms with Crippen LogP contribution in [-0.4, -0.2) is 55.1 Å². The first-order valence-electron chi connectivity index (χ1n) is 8.60. The number of rotatable bonds is 4. The van der Waals surface area contributed by atoms with Crippen LogP contribution in [-0.2, 0) is 16.0 Å². The van der Waals surface area contributed by atoms with E-state index < -0.39 is 0 Å². The number of anilines is 1. The van der Waals surface area contributed by atoms with Crippen molar-refractivity contribution >= 4 is 17.5 Å². The SMILES string of the molecule is C[C@@H]1CN(CCNC(=O)c2ccc3c(c2)CCC(=O)N3)C[C@@H](C)O1. The predicted molar refractivity (Wildman–Crippen MR) is 92.2 cm³/mol. The minimum absolute atomic E-state index is 0.0358. The molecule has 2 heterocycles. The van der Waals surface area contributed by atoms with Crippen molar-refractivity contribution in [2.24, 2.45) is 0 Å². The van der Waals surface area contributed by atoms with Gasteiger partial charge in [0.2, 0.25) is 5.91 Å². The minimum atomic E-state index is -0.0657. The molecule has 6 heteroatoms. The Bertz CT molecular complexity index is 622. The standard InChI is InChI=1S/C18H25N3O3/c1-12-10-21(11-13(2)24-12)8-7-19-18(23)15-3-5-16-14(9-15)4-6-17(22)20-16/h3,5,9,12-13H,4,6-8,10-11H2,1-2H3,(H,19,23)(H,20,22)/t12-,13-/m1/s1. The molecule has 2 aliphatic heterocycles. The van der Waals surface area contributed by atoms with Gasteiger partial charge in [0.25, 0.3) is 5.91 Å². The average molecular weight is 331 g/mol. The molecule has 0 saturated carbocycles. The van der Waals surface area contributed by atoms with E-state index in [0.717, 1.165) is 30.9 Å². The number of benzene rings is 1. The quantitative estimate of drug-likeness (QED) is 0.875. The maximum atomic E-state index is 12.3. The van der Waals surface area contributed by atoms with Crippen LogP contribution in [0.25, 0.3) is 0 Å². The molecule has 1 aromatic carbocycles. The molecule has 0 bridgehead atoms. The van der Waals surface area contributed by atoms with E-state index in [1.165, 1.54) is 0 Å².